The number of rotatable bonds is 4. The number of hydrogen-bond acceptors (Lipinski definition) is 3. The van der Waals surface area contributed by atoms with Gasteiger partial charge in [0.15, 0.2) is 17.0 Å². The minimum Gasteiger partial charge on any atom is -0.478 e. The van der Waals surface area contributed by atoms with Gasteiger partial charge in [-0.05, 0) is 31.2 Å². The molecule has 19 heavy (non-hydrogen) atoms. The van der Waals surface area contributed by atoms with Crippen LogP contribution < -0.4 is 10.1 Å². The van der Waals surface area contributed by atoms with E-state index in [-0.39, 0.29) is 11.1 Å². The number of hydrogen-bond donors (Lipinski definition) is 1. The zero-order chi connectivity index (χ0) is 13.7. The zero-order valence-corrected chi connectivity index (χ0v) is 11.1. The maximum Gasteiger partial charge on any atom is 0.265 e. The van der Waals surface area contributed by atoms with Crippen molar-refractivity contribution in [3.05, 3.63) is 53.8 Å². The quantitative estimate of drug-likeness (QED) is 0.873. The van der Waals surface area contributed by atoms with E-state index in [0.717, 1.165) is 5.69 Å². The molecule has 0 fully saturated rings. The lowest BCUT2D eigenvalue weighted by Crippen LogP contribution is -2.30. The lowest BCUT2D eigenvalue weighted by atomic mass is 10.3. The van der Waals surface area contributed by atoms with Crippen LogP contribution in [-0.2, 0) is 4.79 Å². The Balaban J connectivity index is 1.98. The molecule has 5 heteroatoms. The number of aromatic nitrogens is 1. The smallest absolute Gasteiger partial charge is 0.265 e. The van der Waals surface area contributed by atoms with Crippen molar-refractivity contribution < 1.29 is 9.53 Å². The SMILES string of the molecule is CC(Oc1cccnc1Cl)C(=O)Nc1ccccc1. The average molecular weight is 277 g/mol. The highest BCUT2D eigenvalue weighted by Gasteiger charge is 2.16. The molecule has 0 radical (unpaired) electrons. The first kappa shape index (κ1) is 13.4. The molecular weight excluding hydrogens is 264 g/mol. The number of carbonyl (C=O) groups is 1. The Hall–Kier alpha value is -2.07. The van der Waals surface area contributed by atoms with Crippen molar-refractivity contribution in [2.24, 2.45) is 0 Å². The topological polar surface area (TPSA) is 51.2 Å². The molecule has 0 aliphatic heterocycles. The molecule has 2 rings (SSSR count). The van der Waals surface area contributed by atoms with Gasteiger partial charge in [-0.25, -0.2) is 4.98 Å². The summed E-state index contributed by atoms with van der Waals surface area (Å²) in [5.41, 5.74) is 0.722. The van der Waals surface area contributed by atoms with Crippen LogP contribution in [0.25, 0.3) is 0 Å². The van der Waals surface area contributed by atoms with Crippen LogP contribution in [0, 0.1) is 0 Å². The molecule has 1 atom stereocenters. The fourth-order valence-corrected chi connectivity index (χ4v) is 1.63. The first-order valence-corrected chi connectivity index (χ1v) is 6.17. The summed E-state index contributed by atoms with van der Waals surface area (Å²) in [6.07, 6.45) is 0.895. The first-order chi connectivity index (χ1) is 9.16. The highest BCUT2D eigenvalue weighted by Crippen LogP contribution is 2.21. The normalized spacial score (nSPS) is 11.7. The van der Waals surface area contributed by atoms with E-state index in [1.807, 2.05) is 30.3 Å². The van der Waals surface area contributed by atoms with E-state index in [9.17, 15) is 4.79 Å². The lowest BCUT2D eigenvalue weighted by Gasteiger charge is -2.15. The number of para-hydroxylation sites is 1. The van der Waals surface area contributed by atoms with Crippen molar-refractivity contribution in [1.29, 1.82) is 0 Å². The molecule has 98 valence electrons. The third-order valence-electron chi connectivity index (χ3n) is 2.44. The molecule has 1 N–H and O–H groups in total. The second-order valence-corrected chi connectivity index (χ2v) is 4.27. The number of ether oxygens (including phenoxy) is 1. The lowest BCUT2D eigenvalue weighted by molar-refractivity contribution is -0.122. The van der Waals surface area contributed by atoms with Crippen molar-refractivity contribution in [3.63, 3.8) is 0 Å². The number of anilines is 1. The number of pyridine rings is 1. The summed E-state index contributed by atoms with van der Waals surface area (Å²) in [4.78, 5) is 15.8. The molecule has 0 spiro atoms. The van der Waals surface area contributed by atoms with Gasteiger partial charge < -0.3 is 10.1 Å². The van der Waals surface area contributed by atoms with E-state index in [1.165, 1.54) is 0 Å². The number of carbonyl (C=O) groups excluding carboxylic acids is 1. The standard InChI is InChI=1S/C14H13ClN2O2/c1-10(19-12-8-5-9-16-13(12)15)14(18)17-11-6-3-2-4-7-11/h2-10H,1H3,(H,17,18). The first-order valence-electron chi connectivity index (χ1n) is 5.80. The second-order valence-electron chi connectivity index (χ2n) is 3.91. The van der Waals surface area contributed by atoms with Gasteiger partial charge in [0.2, 0.25) is 0 Å². The van der Waals surface area contributed by atoms with Gasteiger partial charge in [-0.2, -0.15) is 0 Å². The monoisotopic (exact) mass is 276 g/mol. The van der Waals surface area contributed by atoms with Gasteiger partial charge in [0, 0.05) is 11.9 Å². The van der Waals surface area contributed by atoms with Crippen molar-refractivity contribution in [1.82, 2.24) is 4.98 Å². The van der Waals surface area contributed by atoms with Gasteiger partial charge in [0.25, 0.3) is 5.91 Å². The Bertz CT molecular complexity index is 560. The molecule has 0 bridgehead atoms. The minimum atomic E-state index is -0.665. The van der Waals surface area contributed by atoms with Crippen LogP contribution in [0.3, 0.4) is 0 Å². The van der Waals surface area contributed by atoms with Crippen LogP contribution in [0.15, 0.2) is 48.7 Å². The van der Waals surface area contributed by atoms with Crippen molar-refractivity contribution >= 4 is 23.2 Å². The molecule has 0 saturated carbocycles. The van der Waals surface area contributed by atoms with Gasteiger partial charge in [-0.1, -0.05) is 29.8 Å². The summed E-state index contributed by atoms with van der Waals surface area (Å²) < 4.78 is 5.47. The van der Waals surface area contributed by atoms with E-state index in [1.54, 1.807) is 25.3 Å². The summed E-state index contributed by atoms with van der Waals surface area (Å²) >= 11 is 5.87. The fourth-order valence-electron chi connectivity index (χ4n) is 1.47. The van der Waals surface area contributed by atoms with Gasteiger partial charge in [0.1, 0.15) is 0 Å². The van der Waals surface area contributed by atoms with Gasteiger partial charge in [0.05, 0.1) is 0 Å². The van der Waals surface area contributed by atoms with Crippen LogP contribution in [0.5, 0.6) is 5.75 Å². The van der Waals surface area contributed by atoms with E-state index in [0.29, 0.717) is 5.75 Å². The Morgan fingerprint density at radius 2 is 2.00 bits per heavy atom. The van der Waals surface area contributed by atoms with Crippen LogP contribution in [0.1, 0.15) is 6.92 Å². The predicted molar refractivity (Wildman–Crippen MR) is 74.4 cm³/mol. The van der Waals surface area contributed by atoms with Gasteiger partial charge in [-0.3, -0.25) is 4.79 Å². The molecule has 1 aromatic carbocycles. The maximum absolute atomic E-state index is 11.9. The summed E-state index contributed by atoms with van der Waals surface area (Å²) in [5, 5.41) is 2.99. The number of halogens is 1. The number of amides is 1. The number of benzene rings is 1. The van der Waals surface area contributed by atoms with Crippen molar-refractivity contribution in [2.45, 2.75) is 13.0 Å². The molecule has 1 amide bonds. The number of nitrogens with zero attached hydrogens (tertiary/aromatic N) is 1. The summed E-state index contributed by atoms with van der Waals surface area (Å²) in [6.45, 7) is 1.65. The second kappa shape index (κ2) is 6.20. The Morgan fingerprint density at radius 1 is 1.26 bits per heavy atom. The van der Waals surface area contributed by atoms with E-state index >= 15 is 0 Å². The summed E-state index contributed by atoms with van der Waals surface area (Å²) in [7, 11) is 0. The highest BCUT2D eigenvalue weighted by atomic mass is 35.5. The Kier molecular flexibility index (Phi) is 4.36. The average Bonchev–Trinajstić information content (AvgIpc) is 2.42. The molecule has 2 aromatic rings. The minimum absolute atomic E-state index is 0.238. The molecule has 1 heterocycles. The van der Waals surface area contributed by atoms with Crippen LogP contribution in [0.4, 0.5) is 5.69 Å². The van der Waals surface area contributed by atoms with Crippen LogP contribution in [0.2, 0.25) is 5.15 Å². The largest absolute Gasteiger partial charge is 0.478 e. The molecule has 0 saturated heterocycles. The van der Waals surface area contributed by atoms with E-state index in [2.05, 4.69) is 10.3 Å². The van der Waals surface area contributed by atoms with Crippen LogP contribution in [-0.4, -0.2) is 17.0 Å². The van der Waals surface area contributed by atoms with E-state index in [4.69, 9.17) is 16.3 Å². The Labute approximate surface area is 116 Å². The van der Waals surface area contributed by atoms with E-state index < -0.39 is 6.10 Å². The van der Waals surface area contributed by atoms with Crippen molar-refractivity contribution in [2.75, 3.05) is 5.32 Å². The van der Waals surface area contributed by atoms with Gasteiger partial charge >= 0.3 is 0 Å². The number of nitrogens with one attached hydrogen (secondary N) is 1. The maximum atomic E-state index is 11.9. The molecule has 0 aliphatic carbocycles. The molecule has 0 aliphatic rings. The fraction of sp³-hybridized carbons (Fsp3) is 0.143. The summed E-state index contributed by atoms with van der Waals surface area (Å²) in [5.74, 6) is 0.144. The molecule has 1 unspecified atom stereocenters. The summed E-state index contributed by atoms with van der Waals surface area (Å²) in [6, 6.07) is 12.6. The van der Waals surface area contributed by atoms with Gasteiger partial charge in [-0.15, -0.1) is 0 Å². The zero-order valence-electron chi connectivity index (χ0n) is 10.3. The third kappa shape index (κ3) is 3.69. The Morgan fingerprint density at radius 3 is 2.68 bits per heavy atom. The molecular formula is C14H13ClN2O2. The molecule has 4 nitrogen and oxygen atoms in total. The highest BCUT2D eigenvalue weighted by molar-refractivity contribution is 6.30. The van der Waals surface area contributed by atoms with Crippen molar-refractivity contribution in [3.8, 4) is 5.75 Å². The predicted octanol–water partition coefficient (Wildman–Crippen LogP) is 3.14. The third-order valence-corrected chi connectivity index (χ3v) is 2.72. The van der Waals surface area contributed by atoms with Crippen LogP contribution >= 0.6 is 11.6 Å². The molecule has 1 aromatic heterocycles.